The van der Waals surface area contributed by atoms with Crippen molar-refractivity contribution < 1.29 is 9.47 Å². The maximum absolute atomic E-state index is 9.05. The largest absolute Gasteiger partial charge is 0.495 e. The Hall–Kier alpha value is -2.51. The molecule has 2 rings (SSSR count). The van der Waals surface area contributed by atoms with Gasteiger partial charge in [0.1, 0.15) is 24.2 Å². The number of methoxy groups -OCH3 is 1. The van der Waals surface area contributed by atoms with Crippen molar-refractivity contribution in [1.29, 1.82) is 5.26 Å². The van der Waals surface area contributed by atoms with Crippen LogP contribution < -0.4 is 15.2 Å². The molecule has 4 heteroatoms. The Morgan fingerprint density at radius 3 is 2.65 bits per heavy atom. The lowest BCUT2D eigenvalue weighted by atomic mass is 10.1. The minimum absolute atomic E-state index is 0.385. The van der Waals surface area contributed by atoms with Crippen LogP contribution in [0.2, 0.25) is 0 Å². The predicted octanol–water partition coefficient (Wildman–Crippen LogP) is 2.60. The van der Waals surface area contributed by atoms with Crippen LogP contribution >= 0.6 is 0 Å². The van der Waals surface area contributed by atoms with Crippen LogP contribution in [-0.4, -0.2) is 7.11 Å². The lowest BCUT2D eigenvalue weighted by molar-refractivity contribution is 0.302. The van der Waals surface area contributed by atoms with E-state index in [2.05, 4.69) is 6.07 Å². The third-order valence-corrected chi connectivity index (χ3v) is 2.97. The van der Waals surface area contributed by atoms with Gasteiger partial charge in [0.25, 0.3) is 0 Å². The number of benzene rings is 2. The molecule has 0 aromatic heterocycles. The lowest BCUT2D eigenvalue weighted by Gasteiger charge is -2.11. The Balaban J connectivity index is 2.13. The van der Waals surface area contributed by atoms with Gasteiger partial charge in [0.2, 0.25) is 0 Å². The molecular weight excluding hydrogens is 252 g/mol. The molecule has 0 unspecified atom stereocenters. The molecule has 20 heavy (non-hydrogen) atoms. The molecule has 4 nitrogen and oxygen atoms in total. The molecule has 0 amide bonds. The average molecular weight is 268 g/mol. The normalized spacial score (nSPS) is 9.85. The van der Waals surface area contributed by atoms with E-state index in [9.17, 15) is 0 Å². The van der Waals surface area contributed by atoms with E-state index in [4.69, 9.17) is 20.5 Å². The number of ether oxygens (including phenoxy) is 2. The Bertz CT molecular complexity index is 633. The molecule has 0 spiro atoms. The van der Waals surface area contributed by atoms with E-state index in [0.717, 1.165) is 16.9 Å². The molecule has 2 aromatic rings. The smallest absolute Gasteiger partial charge is 0.136 e. The van der Waals surface area contributed by atoms with Gasteiger partial charge in [-0.15, -0.1) is 0 Å². The summed E-state index contributed by atoms with van der Waals surface area (Å²) in [5.41, 5.74) is 8.04. The van der Waals surface area contributed by atoms with Gasteiger partial charge in [0, 0.05) is 12.1 Å². The molecule has 0 aliphatic carbocycles. The van der Waals surface area contributed by atoms with Crippen molar-refractivity contribution in [2.24, 2.45) is 5.73 Å². The standard InChI is InChI=1S/C16H16N2O2/c1-19-15-7-6-12(8-14(15)10-18)11-20-16-5-3-2-4-13(16)9-17/h2-8H,9,11,17H2,1H3. The van der Waals surface area contributed by atoms with Crippen molar-refractivity contribution in [3.63, 3.8) is 0 Å². The number of nitriles is 1. The van der Waals surface area contributed by atoms with Gasteiger partial charge >= 0.3 is 0 Å². The highest BCUT2D eigenvalue weighted by Crippen LogP contribution is 2.22. The minimum Gasteiger partial charge on any atom is -0.495 e. The van der Waals surface area contributed by atoms with E-state index in [1.54, 1.807) is 19.2 Å². The number of nitrogens with zero attached hydrogens (tertiary/aromatic N) is 1. The quantitative estimate of drug-likeness (QED) is 0.905. The van der Waals surface area contributed by atoms with Gasteiger partial charge in [-0.05, 0) is 23.8 Å². The monoisotopic (exact) mass is 268 g/mol. The van der Waals surface area contributed by atoms with Crippen LogP contribution in [0, 0.1) is 11.3 Å². The van der Waals surface area contributed by atoms with Gasteiger partial charge in [-0.1, -0.05) is 24.3 Å². The summed E-state index contributed by atoms with van der Waals surface area (Å²) in [6.07, 6.45) is 0. The molecule has 0 radical (unpaired) electrons. The van der Waals surface area contributed by atoms with Crippen LogP contribution in [-0.2, 0) is 13.2 Å². The van der Waals surface area contributed by atoms with E-state index < -0.39 is 0 Å². The van der Waals surface area contributed by atoms with E-state index in [0.29, 0.717) is 24.5 Å². The van der Waals surface area contributed by atoms with Crippen molar-refractivity contribution in [1.82, 2.24) is 0 Å². The van der Waals surface area contributed by atoms with Gasteiger partial charge in [-0.3, -0.25) is 0 Å². The maximum atomic E-state index is 9.05. The first-order chi connectivity index (χ1) is 9.78. The van der Waals surface area contributed by atoms with Crippen LogP contribution in [0.1, 0.15) is 16.7 Å². The van der Waals surface area contributed by atoms with Crippen molar-refractivity contribution >= 4 is 0 Å². The second-order valence-corrected chi connectivity index (χ2v) is 4.25. The zero-order chi connectivity index (χ0) is 14.4. The summed E-state index contributed by atoms with van der Waals surface area (Å²) >= 11 is 0. The number of rotatable bonds is 5. The molecular formula is C16H16N2O2. The minimum atomic E-state index is 0.385. The summed E-state index contributed by atoms with van der Waals surface area (Å²) in [6, 6.07) is 15.2. The second kappa shape index (κ2) is 6.60. The predicted molar refractivity (Wildman–Crippen MR) is 76.4 cm³/mol. The zero-order valence-electron chi connectivity index (χ0n) is 11.3. The maximum Gasteiger partial charge on any atom is 0.136 e. The highest BCUT2D eigenvalue weighted by atomic mass is 16.5. The van der Waals surface area contributed by atoms with Crippen LogP contribution in [0.5, 0.6) is 11.5 Å². The Morgan fingerprint density at radius 1 is 1.15 bits per heavy atom. The summed E-state index contributed by atoms with van der Waals surface area (Å²) in [6.45, 7) is 0.817. The average Bonchev–Trinajstić information content (AvgIpc) is 2.52. The number of hydrogen-bond acceptors (Lipinski definition) is 4. The van der Waals surface area contributed by atoms with Crippen molar-refractivity contribution in [3.05, 3.63) is 59.2 Å². The molecule has 0 saturated carbocycles. The molecule has 102 valence electrons. The van der Waals surface area contributed by atoms with E-state index in [-0.39, 0.29) is 0 Å². The Morgan fingerprint density at radius 2 is 1.95 bits per heavy atom. The molecule has 0 bridgehead atoms. The Labute approximate surface area is 118 Å². The first-order valence-electron chi connectivity index (χ1n) is 6.26. The van der Waals surface area contributed by atoms with Crippen molar-refractivity contribution in [2.75, 3.05) is 7.11 Å². The fourth-order valence-corrected chi connectivity index (χ4v) is 1.91. The molecule has 0 heterocycles. The number of hydrogen-bond donors (Lipinski definition) is 1. The summed E-state index contributed by atoms with van der Waals surface area (Å²) in [5.74, 6) is 1.34. The third-order valence-electron chi connectivity index (χ3n) is 2.97. The number of para-hydroxylation sites is 1. The first kappa shape index (κ1) is 13.9. The summed E-state index contributed by atoms with van der Waals surface area (Å²) in [5, 5.41) is 9.05. The fraction of sp³-hybridized carbons (Fsp3) is 0.188. The van der Waals surface area contributed by atoms with E-state index >= 15 is 0 Å². The zero-order valence-corrected chi connectivity index (χ0v) is 11.3. The molecule has 0 atom stereocenters. The van der Waals surface area contributed by atoms with Crippen molar-refractivity contribution in [3.8, 4) is 17.6 Å². The lowest BCUT2D eigenvalue weighted by Crippen LogP contribution is -2.03. The van der Waals surface area contributed by atoms with Crippen LogP contribution in [0.25, 0.3) is 0 Å². The highest BCUT2D eigenvalue weighted by molar-refractivity contribution is 5.45. The van der Waals surface area contributed by atoms with Gasteiger partial charge in [0.05, 0.1) is 12.7 Å². The molecule has 2 aromatic carbocycles. The number of nitrogens with two attached hydrogens (primary N) is 1. The highest BCUT2D eigenvalue weighted by Gasteiger charge is 2.05. The van der Waals surface area contributed by atoms with Crippen LogP contribution in [0.3, 0.4) is 0 Å². The van der Waals surface area contributed by atoms with Gasteiger partial charge in [0.15, 0.2) is 0 Å². The Kier molecular flexibility index (Phi) is 4.59. The van der Waals surface area contributed by atoms with Crippen molar-refractivity contribution in [2.45, 2.75) is 13.2 Å². The molecule has 0 aliphatic rings. The molecule has 2 N–H and O–H groups in total. The second-order valence-electron chi connectivity index (χ2n) is 4.25. The van der Waals surface area contributed by atoms with Gasteiger partial charge < -0.3 is 15.2 Å². The molecule has 0 fully saturated rings. The summed E-state index contributed by atoms with van der Waals surface area (Å²) < 4.78 is 10.9. The van der Waals surface area contributed by atoms with Gasteiger partial charge in [-0.25, -0.2) is 0 Å². The van der Waals surface area contributed by atoms with E-state index in [1.807, 2.05) is 30.3 Å². The topological polar surface area (TPSA) is 68.3 Å². The van der Waals surface area contributed by atoms with E-state index in [1.165, 1.54) is 0 Å². The van der Waals surface area contributed by atoms with Gasteiger partial charge in [-0.2, -0.15) is 5.26 Å². The fourth-order valence-electron chi connectivity index (χ4n) is 1.91. The molecule has 0 aliphatic heterocycles. The van der Waals surface area contributed by atoms with Crippen LogP contribution in [0.4, 0.5) is 0 Å². The SMILES string of the molecule is COc1ccc(COc2ccccc2CN)cc1C#N. The van der Waals surface area contributed by atoms with Crippen LogP contribution in [0.15, 0.2) is 42.5 Å². The summed E-state index contributed by atoms with van der Waals surface area (Å²) in [7, 11) is 1.55. The summed E-state index contributed by atoms with van der Waals surface area (Å²) in [4.78, 5) is 0. The first-order valence-corrected chi connectivity index (χ1v) is 6.26. The third kappa shape index (κ3) is 3.08. The molecule has 0 saturated heterocycles.